The number of ether oxygens (including phenoxy) is 1. The standard InChI is InChI=1S/C10H13NO2/c11-10-7(5-12)6-13-9-4-2-1-3-8(9)10/h1-4,7,10,12H,5-6,11H2/t7-,10-/m0/s1. The van der Waals surface area contributed by atoms with Crippen molar-refractivity contribution >= 4 is 0 Å². The van der Waals surface area contributed by atoms with Crippen LogP contribution in [0.4, 0.5) is 0 Å². The van der Waals surface area contributed by atoms with E-state index in [9.17, 15) is 0 Å². The van der Waals surface area contributed by atoms with Crippen LogP contribution in [0, 0.1) is 5.92 Å². The van der Waals surface area contributed by atoms with Gasteiger partial charge in [-0.05, 0) is 6.07 Å². The van der Waals surface area contributed by atoms with Crippen LogP contribution in [0.1, 0.15) is 11.6 Å². The van der Waals surface area contributed by atoms with Gasteiger partial charge in [0.15, 0.2) is 0 Å². The van der Waals surface area contributed by atoms with Crippen LogP contribution in [0.25, 0.3) is 0 Å². The molecule has 0 unspecified atom stereocenters. The molecule has 3 nitrogen and oxygen atoms in total. The smallest absolute Gasteiger partial charge is 0.124 e. The van der Waals surface area contributed by atoms with Crippen LogP contribution in [0.3, 0.4) is 0 Å². The molecule has 0 spiro atoms. The number of aliphatic hydroxyl groups excluding tert-OH is 1. The number of para-hydroxylation sites is 1. The molecule has 0 fully saturated rings. The molecule has 1 aliphatic rings. The lowest BCUT2D eigenvalue weighted by Gasteiger charge is -2.29. The quantitative estimate of drug-likeness (QED) is 0.666. The maximum absolute atomic E-state index is 9.03. The largest absolute Gasteiger partial charge is 0.493 e. The summed E-state index contributed by atoms with van der Waals surface area (Å²) in [4.78, 5) is 0. The van der Waals surface area contributed by atoms with E-state index in [0.717, 1.165) is 11.3 Å². The maximum atomic E-state index is 9.03. The topological polar surface area (TPSA) is 55.5 Å². The van der Waals surface area contributed by atoms with E-state index in [-0.39, 0.29) is 18.6 Å². The first-order chi connectivity index (χ1) is 6.33. The van der Waals surface area contributed by atoms with Crippen LogP contribution >= 0.6 is 0 Å². The number of fused-ring (bicyclic) bond motifs is 1. The molecule has 0 saturated heterocycles. The fourth-order valence-electron chi connectivity index (χ4n) is 1.61. The highest BCUT2D eigenvalue weighted by atomic mass is 16.5. The number of hydrogen-bond acceptors (Lipinski definition) is 3. The van der Waals surface area contributed by atoms with Crippen LogP contribution in [0.15, 0.2) is 24.3 Å². The molecule has 13 heavy (non-hydrogen) atoms. The molecule has 0 aromatic heterocycles. The van der Waals surface area contributed by atoms with E-state index >= 15 is 0 Å². The molecule has 0 radical (unpaired) electrons. The third-order valence-corrected chi connectivity index (χ3v) is 2.47. The van der Waals surface area contributed by atoms with Gasteiger partial charge < -0.3 is 15.6 Å². The van der Waals surface area contributed by atoms with Crippen LogP contribution in [-0.2, 0) is 0 Å². The predicted molar refractivity (Wildman–Crippen MR) is 49.4 cm³/mol. The summed E-state index contributed by atoms with van der Waals surface area (Å²) >= 11 is 0. The van der Waals surface area contributed by atoms with E-state index in [1.54, 1.807) is 0 Å². The minimum atomic E-state index is -0.102. The van der Waals surface area contributed by atoms with Crippen molar-refractivity contribution in [2.75, 3.05) is 13.2 Å². The Morgan fingerprint density at radius 1 is 1.46 bits per heavy atom. The molecular formula is C10H13NO2. The first kappa shape index (κ1) is 8.53. The summed E-state index contributed by atoms with van der Waals surface area (Å²) in [5.74, 6) is 0.870. The fourth-order valence-corrected chi connectivity index (χ4v) is 1.61. The Balaban J connectivity index is 2.33. The van der Waals surface area contributed by atoms with Crippen molar-refractivity contribution in [2.45, 2.75) is 6.04 Å². The van der Waals surface area contributed by atoms with Crippen LogP contribution in [-0.4, -0.2) is 18.3 Å². The molecule has 3 heteroatoms. The molecular weight excluding hydrogens is 166 g/mol. The van der Waals surface area contributed by atoms with Crippen molar-refractivity contribution in [1.82, 2.24) is 0 Å². The van der Waals surface area contributed by atoms with E-state index in [0.29, 0.717) is 6.61 Å². The Kier molecular flexibility index (Phi) is 2.20. The summed E-state index contributed by atoms with van der Waals surface area (Å²) in [7, 11) is 0. The number of rotatable bonds is 1. The van der Waals surface area contributed by atoms with E-state index < -0.39 is 0 Å². The summed E-state index contributed by atoms with van der Waals surface area (Å²) in [6.45, 7) is 0.587. The summed E-state index contributed by atoms with van der Waals surface area (Å²) in [6.07, 6.45) is 0. The minimum absolute atomic E-state index is 0.0231. The van der Waals surface area contributed by atoms with E-state index in [1.165, 1.54) is 0 Å². The van der Waals surface area contributed by atoms with Crippen LogP contribution in [0.2, 0.25) is 0 Å². The second-order valence-corrected chi connectivity index (χ2v) is 3.32. The molecule has 1 heterocycles. The van der Waals surface area contributed by atoms with Gasteiger partial charge in [0.1, 0.15) is 5.75 Å². The van der Waals surface area contributed by atoms with Gasteiger partial charge in [-0.1, -0.05) is 18.2 Å². The van der Waals surface area contributed by atoms with Gasteiger partial charge in [0.2, 0.25) is 0 Å². The van der Waals surface area contributed by atoms with E-state index in [2.05, 4.69) is 0 Å². The summed E-state index contributed by atoms with van der Waals surface area (Å²) in [5, 5.41) is 9.03. The molecule has 2 atom stereocenters. The van der Waals surface area contributed by atoms with E-state index in [1.807, 2.05) is 24.3 Å². The highest BCUT2D eigenvalue weighted by Gasteiger charge is 2.26. The lowest BCUT2D eigenvalue weighted by molar-refractivity contribution is 0.124. The average Bonchev–Trinajstić information content (AvgIpc) is 2.19. The van der Waals surface area contributed by atoms with Gasteiger partial charge in [0, 0.05) is 17.5 Å². The fraction of sp³-hybridized carbons (Fsp3) is 0.400. The Labute approximate surface area is 77.1 Å². The number of nitrogens with two attached hydrogens (primary N) is 1. The van der Waals surface area contributed by atoms with Gasteiger partial charge in [-0.3, -0.25) is 0 Å². The van der Waals surface area contributed by atoms with Gasteiger partial charge in [-0.15, -0.1) is 0 Å². The van der Waals surface area contributed by atoms with Gasteiger partial charge in [0.05, 0.1) is 13.2 Å². The number of hydrogen-bond donors (Lipinski definition) is 2. The van der Waals surface area contributed by atoms with Crippen molar-refractivity contribution < 1.29 is 9.84 Å². The summed E-state index contributed by atoms with van der Waals surface area (Å²) in [6, 6.07) is 7.60. The maximum Gasteiger partial charge on any atom is 0.124 e. The lowest BCUT2D eigenvalue weighted by Crippen LogP contribution is -2.33. The molecule has 1 aromatic carbocycles. The lowest BCUT2D eigenvalue weighted by atomic mass is 9.92. The normalized spacial score (nSPS) is 26.3. The Bertz CT molecular complexity index is 301. The molecule has 0 saturated carbocycles. The molecule has 2 rings (SSSR count). The van der Waals surface area contributed by atoms with Crippen molar-refractivity contribution in [3.63, 3.8) is 0 Å². The van der Waals surface area contributed by atoms with Gasteiger partial charge in [0.25, 0.3) is 0 Å². The van der Waals surface area contributed by atoms with Crippen LogP contribution in [0.5, 0.6) is 5.75 Å². The van der Waals surface area contributed by atoms with Crippen molar-refractivity contribution in [2.24, 2.45) is 11.7 Å². The molecule has 0 aliphatic carbocycles. The van der Waals surface area contributed by atoms with Crippen molar-refractivity contribution in [3.8, 4) is 5.75 Å². The second kappa shape index (κ2) is 3.36. The average molecular weight is 179 g/mol. The zero-order valence-corrected chi connectivity index (χ0v) is 7.31. The first-order valence-electron chi connectivity index (χ1n) is 4.41. The van der Waals surface area contributed by atoms with Gasteiger partial charge >= 0.3 is 0 Å². The highest BCUT2D eigenvalue weighted by Crippen LogP contribution is 2.32. The zero-order chi connectivity index (χ0) is 9.26. The molecule has 70 valence electrons. The van der Waals surface area contributed by atoms with Gasteiger partial charge in [-0.2, -0.15) is 0 Å². The monoisotopic (exact) mass is 179 g/mol. The summed E-state index contributed by atoms with van der Waals surface area (Å²) < 4.78 is 5.46. The second-order valence-electron chi connectivity index (χ2n) is 3.32. The van der Waals surface area contributed by atoms with Gasteiger partial charge in [-0.25, -0.2) is 0 Å². The third kappa shape index (κ3) is 1.41. The SMILES string of the molecule is N[C@@H]1c2ccccc2OC[C@@H]1CO. The first-order valence-corrected chi connectivity index (χ1v) is 4.41. The Morgan fingerprint density at radius 3 is 3.00 bits per heavy atom. The highest BCUT2D eigenvalue weighted by molar-refractivity contribution is 5.37. The van der Waals surface area contributed by atoms with E-state index in [4.69, 9.17) is 15.6 Å². The zero-order valence-electron chi connectivity index (χ0n) is 7.31. The molecule has 0 bridgehead atoms. The minimum Gasteiger partial charge on any atom is -0.493 e. The Morgan fingerprint density at radius 2 is 2.23 bits per heavy atom. The predicted octanol–water partition coefficient (Wildman–Crippen LogP) is 0.687. The third-order valence-electron chi connectivity index (χ3n) is 2.47. The van der Waals surface area contributed by atoms with Crippen LogP contribution < -0.4 is 10.5 Å². The Hall–Kier alpha value is -1.06. The van der Waals surface area contributed by atoms with Crippen molar-refractivity contribution in [1.29, 1.82) is 0 Å². The van der Waals surface area contributed by atoms with Crippen molar-refractivity contribution in [3.05, 3.63) is 29.8 Å². The molecule has 0 amide bonds. The molecule has 3 N–H and O–H groups in total. The number of benzene rings is 1. The molecule has 1 aromatic rings. The summed E-state index contributed by atoms with van der Waals surface area (Å²) in [5.41, 5.74) is 6.95. The number of aliphatic hydroxyl groups is 1. The molecule has 1 aliphatic heterocycles.